The van der Waals surface area contributed by atoms with Gasteiger partial charge in [-0.05, 0) is 66.2 Å². The molecule has 0 aliphatic heterocycles. The van der Waals surface area contributed by atoms with Crippen LogP contribution in [0.5, 0.6) is 11.5 Å². The fraction of sp³-hybridized carbons (Fsp3) is 0.250. The first kappa shape index (κ1) is 22.2. The molecule has 154 valence electrons. The number of nitrogens with one attached hydrogen (secondary N) is 1. The zero-order valence-corrected chi connectivity index (χ0v) is 17.6. The Hall–Kier alpha value is -3.07. The molecule has 0 atom stereocenters. The smallest absolute Gasteiger partial charge is 0.338 e. The summed E-state index contributed by atoms with van der Waals surface area (Å²) in [6, 6.07) is 9.65. The third-order valence-corrected chi connectivity index (χ3v) is 4.15. The first-order valence-corrected chi connectivity index (χ1v) is 9.61. The number of esters is 1. The van der Waals surface area contributed by atoms with E-state index in [-0.39, 0.29) is 12.5 Å². The molecule has 0 aliphatic rings. The van der Waals surface area contributed by atoms with Gasteiger partial charge in [-0.1, -0.05) is 5.16 Å². The zero-order valence-electron chi connectivity index (χ0n) is 16.0. The summed E-state index contributed by atoms with van der Waals surface area (Å²) in [5, 5.41) is 14.4. The number of carbonyl (C=O) groups is 2. The van der Waals surface area contributed by atoms with E-state index in [9.17, 15) is 9.59 Å². The van der Waals surface area contributed by atoms with Crippen LogP contribution >= 0.6 is 15.9 Å². The molecule has 0 unspecified atom stereocenters. The van der Waals surface area contributed by atoms with Crippen molar-refractivity contribution in [1.82, 2.24) is 0 Å². The van der Waals surface area contributed by atoms with E-state index in [0.717, 1.165) is 0 Å². The number of amides is 1. The molecule has 0 aliphatic carbocycles. The van der Waals surface area contributed by atoms with Crippen LogP contribution in [0.4, 0.5) is 5.69 Å². The van der Waals surface area contributed by atoms with Crippen molar-refractivity contribution < 1.29 is 29.0 Å². The Labute approximate surface area is 176 Å². The summed E-state index contributed by atoms with van der Waals surface area (Å²) < 4.78 is 16.6. The third kappa shape index (κ3) is 6.49. The van der Waals surface area contributed by atoms with Gasteiger partial charge in [0.25, 0.3) is 5.91 Å². The molecule has 0 aromatic heterocycles. The van der Waals surface area contributed by atoms with E-state index < -0.39 is 5.97 Å². The first-order chi connectivity index (χ1) is 14.0. The third-order valence-electron chi connectivity index (χ3n) is 3.57. The maximum absolute atomic E-state index is 12.2. The van der Waals surface area contributed by atoms with Gasteiger partial charge in [-0.25, -0.2) is 4.79 Å². The highest BCUT2D eigenvalue weighted by Crippen LogP contribution is 2.36. The minimum absolute atomic E-state index is 0.258. The van der Waals surface area contributed by atoms with Gasteiger partial charge >= 0.3 is 5.97 Å². The number of rotatable bonds is 9. The molecule has 9 heteroatoms. The van der Waals surface area contributed by atoms with Gasteiger partial charge in [-0.3, -0.25) is 4.79 Å². The summed E-state index contributed by atoms with van der Waals surface area (Å²) in [7, 11) is 0. The van der Waals surface area contributed by atoms with Crippen molar-refractivity contribution in [2.75, 3.05) is 25.1 Å². The normalized spacial score (nSPS) is 10.6. The lowest BCUT2D eigenvalue weighted by molar-refractivity contribution is -0.118. The van der Waals surface area contributed by atoms with Crippen LogP contribution < -0.4 is 14.8 Å². The van der Waals surface area contributed by atoms with Gasteiger partial charge in [0.2, 0.25) is 0 Å². The Balaban J connectivity index is 2.02. The van der Waals surface area contributed by atoms with Crippen LogP contribution in [-0.2, 0) is 9.53 Å². The molecule has 0 bridgehead atoms. The molecular formula is C20H21BrN2O6. The van der Waals surface area contributed by atoms with Gasteiger partial charge in [0.05, 0.1) is 29.5 Å². The van der Waals surface area contributed by atoms with E-state index in [0.29, 0.717) is 46.0 Å². The fourth-order valence-corrected chi connectivity index (χ4v) is 2.95. The summed E-state index contributed by atoms with van der Waals surface area (Å²) in [6.45, 7) is 3.97. The lowest BCUT2D eigenvalue weighted by atomic mass is 10.2. The second-order valence-electron chi connectivity index (χ2n) is 5.64. The van der Waals surface area contributed by atoms with E-state index in [1.165, 1.54) is 6.21 Å². The van der Waals surface area contributed by atoms with E-state index in [4.69, 9.17) is 19.4 Å². The van der Waals surface area contributed by atoms with Crippen molar-refractivity contribution in [1.29, 1.82) is 0 Å². The van der Waals surface area contributed by atoms with E-state index in [2.05, 4.69) is 26.4 Å². The van der Waals surface area contributed by atoms with Gasteiger partial charge in [0.1, 0.15) is 0 Å². The van der Waals surface area contributed by atoms with Gasteiger partial charge in [0, 0.05) is 11.3 Å². The van der Waals surface area contributed by atoms with Crippen molar-refractivity contribution in [2.45, 2.75) is 13.8 Å². The number of benzene rings is 2. The molecule has 1 amide bonds. The largest absolute Gasteiger partial charge is 0.490 e. The average Bonchev–Trinajstić information content (AvgIpc) is 2.68. The second kappa shape index (κ2) is 11.1. The quantitative estimate of drug-likeness (QED) is 0.252. The van der Waals surface area contributed by atoms with E-state index >= 15 is 0 Å². The highest BCUT2D eigenvalue weighted by molar-refractivity contribution is 9.10. The van der Waals surface area contributed by atoms with Crippen LogP contribution in [0, 0.1) is 0 Å². The number of halogens is 1. The lowest BCUT2D eigenvalue weighted by Gasteiger charge is -2.14. The summed E-state index contributed by atoms with van der Waals surface area (Å²) >= 11 is 3.37. The lowest BCUT2D eigenvalue weighted by Crippen LogP contribution is -2.20. The molecular weight excluding hydrogens is 444 g/mol. The Bertz CT molecular complexity index is 883. The SMILES string of the molecule is CCOC(=O)c1ccc(NC(=O)COc2c(Br)cc(/C=N\O)cc2OCC)cc1. The average molecular weight is 465 g/mol. The maximum atomic E-state index is 12.2. The van der Waals surface area contributed by atoms with Crippen molar-refractivity contribution in [3.05, 3.63) is 52.0 Å². The minimum atomic E-state index is -0.420. The van der Waals surface area contributed by atoms with Gasteiger partial charge in [0.15, 0.2) is 18.1 Å². The molecule has 0 heterocycles. The number of hydrogen-bond acceptors (Lipinski definition) is 7. The van der Waals surface area contributed by atoms with Crippen molar-refractivity contribution >= 4 is 39.7 Å². The van der Waals surface area contributed by atoms with Crippen LogP contribution in [0.15, 0.2) is 46.0 Å². The van der Waals surface area contributed by atoms with Crippen LogP contribution in [-0.4, -0.2) is 43.1 Å². The molecule has 8 nitrogen and oxygen atoms in total. The number of nitrogens with zero attached hydrogens (tertiary/aromatic N) is 1. The molecule has 2 aromatic carbocycles. The molecule has 2 N–H and O–H groups in total. The molecule has 2 rings (SSSR count). The number of hydrogen-bond donors (Lipinski definition) is 2. The molecule has 0 saturated heterocycles. The first-order valence-electron chi connectivity index (χ1n) is 8.82. The Kier molecular flexibility index (Phi) is 8.47. The maximum Gasteiger partial charge on any atom is 0.338 e. The molecule has 2 aromatic rings. The van der Waals surface area contributed by atoms with E-state index in [1.54, 1.807) is 43.3 Å². The number of carbonyl (C=O) groups excluding carboxylic acids is 2. The number of ether oxygens (including phenoxy) is 3. The van der Waals surface area contributed by atoms with Gasteiger partial charge in [-0.15, -0.1) is 0 Å². The Morgan fingerprint density at radius 3 is 2.48 bits per heavy atom. The molecule has 29 heavy (non-hydrogen) atoms. The second-order valence-corrected chi connectivity index (χ2v) is 6.50. The van der Waals surface area contributed by atoms with Crippen LogP contribution in [0.2, 0.25) is 0 Å². The number of oxime groups is 1. The zero-order chi connectivity index (χ0) is 21.2. The predicted molar refractivity (Wildman–Crippen MR) is 111 cm³/mol. The predicted octanol–water partition coefficient (Wildman–Crippen LogP) is 3.85. The van der Waals surface area contributed by atoms with Crippen LogP contribution in [0.1, 0.15) is 29.8 Å². The highest BCUT2D eigenvalue weighted by atomic mass is 79.9. The van der Waals surface area contributed by atoms with Gasteiger partial charge in [-0.2, -0.15) is 0 Å². The Morgan fingerprint density at radius 2 is 1.86 bits per heavy atom. The molecule has 0 fully saturated rings. The summed E-state index contributed by atoms with van der Waals surface area (Å²) in [6.07, 6.45) is 1.25. The topological polar surface area (TPSA) is 106 Å². The van der Waals surface area contributed by atoms with Crippen molar-refractivity contribution in [3.8, 4) is 11.5 Å². The molecule has 0 spiro atoms. The summed E-state index contributed by atoms with van der Waals surface area (Å²) in [5.41, 5.74) is 1.52. The Morgan fingerprint density at radius 1 is 1.14 bits per heavy atom. The van der Waals surface area contributed by atoms with Crippen molar-refractivity contribution in [3.63, 3.8) is 0 Å². The van der Waals surface area contributed by atoms with Gasteiger partial charge < -0.3 is 24.7 Å². The molecule has 0 radical (unpaired) electrons. The van der Waals surface area contributed by atoms with Crippen molar-refractivity contribution in [2.24, 2.45) is 5.16 Å². The summed E-state index contributed by atoms with van der Waals surface area (Å²) in [4.78, 5) is 23.9. The minimum Gasteiger partial charge on any atom is -0.490 e. The molecule has 0 saturated carbocycles. The number of anilines is 1. The van der Waals surface area contributed by atoms with E-state index in [1.807, 2.05) is 6.92 Å². The van der Waals surface area contributed by atoms with Crippen LogP contribution in [0.25, 0.3) is 0 Å². The fourth-order valence-electron chi connectivity index (χ4n) is 2.37. The highest BCUT2D eigenvalue weighted by Gasteiger charge is 2.14. The van der Waals surface area contributed by atoms with Crippen LogP contribution in [0.3, 0.4) is 0 Å². The standard InChI is InChI=1S/C20H21BrN2O6/c1-3-27-17-10-13(11-22-26)9-16(21)19(17)29-12-18(24)23-15-7-5-14(6-8-15)20(25)28-4-2/h5-11,26H,3-4,12H2,1-2H3,(H,23,24)/b22-11-. The monoisotopic (exact) mass is 464 g/mol. The summed E-state index contributed by atoms with van der Waals surface area (Å²) in [5.74, 6) is -0.0425.